The zero-order valence-electron chi connectivity index (χ0n) is 32.6. The molecule has 0 aliphatic heterocycles. The molecule has 0 aliphatic rings. The fourth-order valence-corrected chi connectivity index (χ4v) is 9.37. The van der Waals surface area contributed by atoms with Gasteiger partial charge in [-0.2, -0.15) is 4.89 Å². The van der Waals surface area contributed by atoms with E-state index in [4.69, 9.17) is 28.3 Å². The van der Waals surface area contributed by atoms with Crippen molar-refractivity contribution in [2.75, 3.05) is 25.1 Å². The Balaban J connectivity index is -0.000000323. The maximum atomic E-state index is 10.4. The zero-order valence-corrected chi connectivity index (χ0v) is 49.9. The van der Waals surface area contributed by atoms with Gasteiger partial charge < -0.3 is 22.1 Å². The van der Waals surface area contributed by atoms with Gasteiger partial charge in [0.05, 0.1) is 20.2 Å². The lowest BCUT2D eigenvalue weighted by Crippen LogP contribution is -2.21. The molecule has 0 heterocycles. The average molecular weight is 1760 g/mol. The summed E-state index contributed by atoms with van der Waals surface area (Å²) >= 11 is 21.6. The van der Waals surface area contributed by atoms with Gasteiger partial charge >= 0.3 is 12.4 Å². The number of rotatable bonds is 9. The van der Waals surface area contributed by atoms with Crippen LogP contribution in [0.3, 0.4) is 0 Å². The van der Waals surface area contributed by atoms with Gasteiger partial charge in [-0.15, -0.1) is 0 Å². The highest BCUT2D eigenvalue weighted by atomic mass is 127. The second-order valence-corrected chi connectivity index (χ2v) is 18.2. The number of hydrogen-bond donors (Lipinski definition) is 5. The molecule has 24 heteroatoms. The average Bonchev–Trinajstić information content (AvgIpc) is 3.21. The van der Waals surface area contributed by atoms with Crippen LogP contribution in [0.25, 0.3) is 0 Å². The predicted molar refractivity (Wildman–Crippen MR) is 305 cm³/mol. The largest absolute Gasteiger partial charge is 0.386 e. The minimum absolute atomic E-state index is 0.0556. The van der Waals surface area contributed by atoms with Crippen molar-refractivity contribution in [3.05, 3.63) is 125 Å². The van der Waals surface area contributed by atoms with Crippen LogP contribution in [0.1, 0.15) is 44.9 Å². The topological polar surface area (TPSA) is 265 Å². The summed E-state index contributed by atoms with van der Waals surface area (Å²) in [5, 5.41) is 14.0. The first-order chi connectivity index (χ1) is 29.2. The molecule has 0 aromatic heterocycles. The minimum atomic E-state index is -0.468. The molecule has 0 bridgehead atoms. The molecule has 4 aromatic rings. The number of benzene rings is 4. The van der Waals surface area contributed by atoms with E-state index < -0.39 is 11.9 Å². The first-order valence-electron chi connectivity index (χ1n) is 16.2. The lowest BCUT2D eigenvalue weighted by molar-refractivity contribution is -0.252. The molecular weight excluding hydrogens is 1720 g/mol. The Morgan fingerprint density at radius 1 is 0.738 bits per heavy atom. The molecule has 0 saturated carbocycles. The Morgan fingerprint density at radius 2 is 1.03 bits per heavy atom. The molecule has 0 saturated heterocycles. The number of aldehydes is 3. The van der Waals surface area contributed by atoms with Gasteiger partial charge in [-0.25, -0.2) is 10.1 Å². The number of carbonyl (C=O) groups is 6. The summed E-state index contributed by atoms with van der Waals surface area (Å²) in [5.41, 5.74) is 17.8. The third-order valence-electron chi connectivity index (χ3n) is 5.28. The van der Waals surface area contributed by atoms with Crippen LogP contribution >= 0.6 is 190 Å². The van der Waals surface area contributed by atoms with Crippen molar-refractivity contribution in [3.63, 3.8) is 0 Å². The van der Waals surface area contributed by atoms with E-state index in [0.717, 1.165) is 65.9 Å². The monoisotopic (exact) mass is 1760 g/mol. The standard InChI is InChI=1S/C9H9I2N3.C7H4Br2O.2C7H4I2O.C3H6O3.C2H6N2O.CH3I.CH2O3/c10-7-2-1-3-8(11)6(7)4-14-5-9(12)13;3*8-6-2-1-3-7(9)5(6)4-10;1-3(4)6-5-2;3-1-2(4)5;1-2;2-1-4-3/h1-4H,5H2,(H3,12,13);3*1-4H;1-2H3;1,3H2,(H2,4,5);1H3;1,3H/i;;;;;;1D;. The van der Waals surface area contributed by atoms with Crippen molar-refractivity contribution in [2.24, 2.45) is 22.2 Å². The van der Waals surface area contributed by atoms with E-state index in [1.807, 2.05) is 95.4 Å². The van der Waals surface area contributed by atoms with Crippen LogP contribution < -0.4 is 17.2 Å². The van der Waals surface area contributed by atoms with Crippen molar-refractivity contribution in [3.8, 4) is 0 Å². The number of nitrogens with one attached hydrogen (secondary N) is 1. The molecule has 4 rings (SSSR count). The van der Waals surface area contributed by atoms with Gasteiger partial charge in [0.2, 0.25) is 5.91 Å². The highest BCUT2D eigenvalue weighted by molar-refractivity contribution is 14.1. The molecule has 0 radical (unpaired) electrons. The second kappa shape index (κ2) is 44.6. The van der Waals surface area contributed by atoms with E-state index in [2.05, 4.69) is 193 Å². The number of hydrogen-bond acceptors (Lipinski definition) is 13. The number of primary amides is 1. The normalized spacial score (nSPS) is 9.10. The molecule has 0 unspecified atom stereocenters. The van der Waals surface area contributed by atoms with Crippen molar-refractivity contribution >= 4 is 239 Å². The number of nitrogens with zero attached hydrogens (tertiary/aromatic N) is 1. The molecular formula is C37H38Br2I7N5O10. The van der Waals surface area contributed by atoms with Crippen LogP contribution in [-0.4, -0.2) is 79.6 Å². The van der Waals surface area contributed by atoms with E-state index in [1.165, 1.54) is 14.0 Å². The maximum absolute atomic E-state index is 10.4. The lowest BCUT2D eigenvalue weighted by Gasteiger charge is -2.00. The SMILES string of the molecule is COOC(C)=O.N=C(N)CN=Cc1c(I)cccc1I.NCC(N)=O.O=COO.O=Cc1c(Br)cccc1Br.O=Cc1c(I)cccc1I.O=Cc1c(I)cccc1I.[2H]CI. The summed E-state index contributed by atoms with van der Waals surface area (Å²) in [6, 6.07) is 23.1. The molecule has 334 valence electrons. The predicted octanol–water partition coefficient (Wildman–Crippen LogP) is 9.92. The van der Waals surface area contributed by atoms with E-state index in [0.29, 0.717) is 10.5 Å². The van der Waals surface area contributed by atoms with Crippen molar-refractivity contribution in [1.29, 1.82) is 5.41 Å². The third kappa shape index (κ3) is 36.3. The highest BCUT2D eigenvalue weighted by Crippen LogP contribution is 2.23. The molecule has 0 atom stereocenters. The van der Waals surface area contributed by atoms with Gasteiger partial charge in [0.1, 0.15) is 5.84 Å². The summed E-state index contributed by atoms with van der Waals surface area (Å²) in [6.45, 7) is 1.41. The molecule has 61 heavy (non-hydrogen) atoms. The fraction of sp³-hybridized carbons (Fsp3) is 0.135. The molecule has 0 aliphatic carbocycles. The van der Waals surface area contributed by atoms with E-state index in [-0.39, 0.29) is 25.4 Å². The fourth-order valence-electron chi connectivity index (χ4n) is 2.86. The molecule has 0 fully saturated rings. The quantitative estimate of drug-likeness (QED) is 0.0199. The lowest BCUT2D eigenvalue weighted by atomic mass is 10.2. The Labute approximate surface area is 467 Å². The van der Waals surface area contributed by atoms with Crippen molar-refractivity contribution < 1.29 is 50.1 Å². The molecule has 0 spiro atoms. The van der Waals surface area contributed by atoms with Crippen molar-refractivity contribution in [1.82, 2.24) is 0 Å². The van der Waals surface area contributed by atoms with E-state index in [9.17, 15) is 24.0 Å². The van der Waals surface area contributed by atoms with Crippen LogP contribution in [0.4, 0.5) is 0 Å². The number of nitrogens with two attached hydrogens (primary N) is 3. The molecule has 15 nitrogen and oxygen atoms in total. The molecule has 8 N–H and O–H groups in total. The minimum Gasteiger partial charge on any atom is -0.386 e. The maximum Gasteiger partial charge on any atom is 0.339 e. The number of amides is 1. The summed E-state index contributed by atoms with van der Waals surface area (Å²) in [5.74, 6) is -0.815. The summed E-state index contributed by atoms with van der Waals surface area (Å²) in [4.78, 5) is 74.4. The highest BCUT2D eigenvalue weighted by Gasteiger charge is 2.03. The molecule has 1 amide bonds. The van der Waals surface area contributed by atoms with Crippen LogP contribution in [0.2, 0.25) is 0 Å². The van der Waals surface area contributed by atoms with Crippen molar-refractivity contribution in [2.45, 2.75) is 6.92 Å². The summed E-state index contributed by atoms with van der Waals surface area (Å²) in [7, 11) is 1.28. The van der Waals surface area contributed by atoms with Crippen LogP contribution in [-0.2, 0) is 29.0 Å². The van der Waals surface area contributed by atoms with Gasteiger partial charge in [-0.3, -0.25) is 39.3 Å². The van der Waals surface area contributed by atoms with Crippen LogP contribution in [0, 0.1) is 26.8 Å². The van der Waals surface area contributed by atoms with Gasteiger partial charge in [-0.1, -0.05) is 78.7 Å². The third-order valence-corrected chi connectivity index (χ3v) is 12.3. The summed E-state index contributed by atoms with van der Waals surface area (Å²) < 4.78 is 14.2. The number of aliphatic imine (C=N–C) groups is 1. The Kier molecular flexibility index (Phi) is 47.3. The Bertz CT molecular complexity index is 1800. The number of carbonyl (C=O) groups excluding carboxylic acids is 6. The first kappa shape index (κ1) is 64.7. The Morgan fingerprint density at radius 3 is 1.21 bits per heavy atom. The zero-order chi connectivity index (χ0) is 48.6. The number of alkyl halides is 1. The van der Waals surface area contributed by atoms with Crippen LogP contribution in [0.15, 0.2) is 86.7 Å². The first-order valence-corrected chi connectivity index (χ1v) is 25.1. The Hall–Kier alpha value is -0.610. The second-order valence-electron chi connectivity index (χ2n) is 9.50. The van der Waals surface area contributed by atoms with E-state index in [1.54, 1.807) is 6.21 Å². The molecule has 4 aromatic carbocycles. The van der Waals surface area contributed by atoms with Gasteiger partial charge in [-0.05, 0) is 189 Å². The number of amidine groups is 1. The van der Waals surface area contributed by atoms with Gasteiger partial charge in [0.25, 0.3) is 0 Å². The van der Waals surface area contributed by atoms with Gasteiger partial charge in [0.15, 0.2) is 18.9 Å². The van der Waals surface area contributed by atoms with Crippen LogP contribution in [0.5, 0.6) is 0 Å². The number of halogens is 9. The summed E-state index contributed by atoms with van der Waals surface area (Å²) in [6.07, 6.45) is 4.37. The van der Waals surface area contributed by atoms with E-state index >= 15 is 0 Å². The van der Waals surface area contributed by atoms with Gasteiger partial charge in [0, 0.05) is 67.1 Å². The smallest absolute Gasteiger partial charge is 0.339 e.